The summed E-state index contributed by atoms with van der Waals surface area (Å²) in [5, 5.41) is 3.15. The van der Waals surface area contributed by atoms with Gasteiger partial charge in [-0.05, 0) is 31.3 Å². The van der Waals surface area contributed by atoms with Crippen molar-refractivity contribution in [2.24, 2.45) is 0 Å². The standard InChI is InChI=1S/C14H18N2OS/c1-15-10-13-5-6-14(18-13)11-17-9-7-12-4-2-3-8-16-12/h2-6,8,15H,7,9-11H2,1H3. The Morgan fingerprint density at radius 3 is 2.89 bits per heavy atom. The Morgan fingerprint density at radius 1 is 1.22 bits per heavy atom. The Bertz CT molecular complexity index is 456. The van der Waals surface area contributed by atoms with Gasteiger partial charge in [0.1, 0.15) is 0 Å². The predicted octanol–water partition coefficient (Wildman–Crippen LogP) is 2.62. The monoisotopic (exact) mass is 262 g/mol. The van der Waals surface area contributed by atoms with Crippen LogP contribution in [0.1, 0.15) is 15.4 Å². The third kappa shape index (κ3) is 4.22. The molecule has 0 saturated carbocycles. The molecule has 2 rings (SSSR count). The Labute approximate surface area is 112 Å². The lowest BCUT2D eigenvalue weighted by molar-refractivity contribution is 0.125. The first-order valence-electron chi connectivity index (χ1n) is 6.08. The Hall–Kier alpha value is -1.23. The summed E-state index contributed by atoms with van der Waals surface area (Å²) in [6.45, 7) is 2.34. The summed E-state index contributed by atoms with van der Waals surface area (Å²) in [7, 11) is 1.96. The molecule has 0 spiro atoms. The maximum absolute atomic E-state index is 5.67. The van der Waals surface area contributed by atoms with Crippen LogP contribution in [0, 0.1) is 0 Å². The second-order valence-electron chi connectivity index (χ2n) is 4.02. The topological polar surface area (TPSA) is 34.1 Å². The number of hydrogen-bond acceptors (Lipinski definition) is 4. The van der Waals surface area contributed by atoms with Gasteiger partial charge in [-0.1, -0.05) is 6.07 Å². The fourth-order valence-corrected chi connectivity index (χ4v) is 2.63. The van der Waals surface area contributed by atoms with E-state index in [1.165, 1.54) is 9.75 Å². The van der Waals surface area contributed by atoms with Crippen molar-refractivity contribution < 1.29 is 4.74 Å². The first kappa shape index (κ1) is 13.2. The summed E-state index contributed by atoms with van der Waals surface area (Å²) in [5.41, 5.74) is 1.08. The molecule has 0 aliphatic heterocycles. The molecule has 96 valence electrons. The molecule has 0 aromatic carbocycles. The summed E-state index contributed by atoms with van der Waals surface area (Å²) < 4.78 is 5.67. The first-order chi connectivity index (χ1) is 8.88. The zero-order chi connectivity index (χ0) is 12.6. The number of aromatic nitrogens is 1. The van der Waals surface area contributed by atoms with E-state index in [9.17, 15) is 0 Å². The molecule has 0 fully saturated rings. The summed E-state index contributed by atoms with van der Waals surface area (Å²) in [4.78, 5) is 6.89. The molecular formula is C14H18N2OS. The van der Waals surface area contributed by atoms with Crippen molar-refractivity contribution in [2.75, 3.05) is 13.7 Å². The Morgan fingerprint density at radius 2 is 2.11 bits per heavy atom. The van der Waals surface area contributed by atoms with E-state index in [1.54, 1.807) is 11.3 Å². The van der Waals surface area contributed by atoms with Crippen LogP contribution in [0.5, 0.6) is 0 Å². The molecule has 2 heterocycles. The molecule has 0 radical (unpaired) electrons. The van der Waals surface area contributed by atoms with E-state index in [0.717, 1.165) is 25.3 Å². The lowest BCUT2D eigenvalue weighted by Crippen LogP contribution is -2.02. The van der Waals surface area contributed by atoms with Crippen molar-refractivity contribution in [1.29, 1.82) is 0 Å². The number of nitrogens with one attached hydrogen (secondary N) is 1. The van der Waals surface area contributed by atoms with Crippen molar-refractivity contribution in [1.82, 2.24) is 10.3 Å². The van der Waals surface area contributed by atoms with Crippen molar-refractivity contribution in [2.45, 2.75) is 19.6 Å². The number of nitrogens with zero attached hydrogens (tertiary/aromatic N) is 1. The first-order valence-corrected chi connectivity index (χ1v) is 6.90. The van der Waals surface area contributed by atoms with Gasteiger partial charge < -0.3 is 10.1 Å². The van der Waals surface area contributed by atoms with Gasteiger partial charge in [0.25, 0.3) is 0 Å². The zero-order valence-corrected chi connectivity index (χ0v) is 11.4. The van der Waals surface area contributed by atoms with Gasteiger partial charge in [0.05, 0.1) is 13.2 Å². The minimum atomic E-state index is 0.696. The van der Waals surface area contributed by atoms with Crippen LogP contribution in [0.25, 0.3) is 0 Å². The third-order valence-electron chi connectivity index (χ3n) is 2.54. The average Bonchev–Trinajstić information content (AvgIpc) is 2.84. The number of rotatable bonds is 7. The second kappa shape index (κ2) is 7.26. The van der Waals surface area contributed by atoms with Gasteiger partial charge >= 0.3 is 0 Å². The lowest BCUT2D eigenvalue weighted by atomic mass is 10.3. The fraction of sp³-hybridized carbons (Fsp3) is 0.357. The second-order valence-corrected chi connectivity index (χ2v) is 5.27. The average molecular weight is 262 g/mol. The number of thiophene rings is 1. The molecular weight excluding hydrogens is 244 g/mol. The van der Waals surface area contributed by atoms with Gasteiger partial charge in [-0.3, -0.25) is 4.98 Å². The Balaban J connectivity index is 1.68. The van der Waals surface area contributed by atoms with Crippen LogP contribution in [0.2, 0.25) is 0 Å². The molecule has 0 bridgehead atoms. The van der Waals surface area contributed by atoms with E-state index in [2.05, 4.69) is 22.4 Å². The molecule has 0 amide bonds. The van der Waals surface area contributed by atoms with Crippen molar-refractivity contribution in [3.05, 3.63) is 52.0 Å². The van der Waals surface area contributed by atoms with Gasteiger partial charge in [0.15, 0.2) is 0 Å². The largest absolute Gasteiger partial charge is 0.376 e. The predicted molar refractivity (Wildman–Crippen MR) is 74.7 cm³/mol. The highest BCUT2D eigenvalue weighted by Crippen LogP contribution is 2.17. The number of hydrogen-bond donors (Lipinski definition) is 1. The molecule has 0 unspecified atom stereocenters. The van der Waals surface area contributed by atoms with Gasteiger partial charge in [0, 0.05) is 34.6 Å². The van der Waals surface area contributed by atoms with Gasteiger partial charge in [-0.15, -0.1) is 11.3 Å². The van der Waals surface area contributed by atoms with Crippen molar-refractivity contribution >= 4 is 11.3 Å². The molecule has 1 N–H and O–H groups in total. The highest BCUT2D eigenvalue weighted by atomic mass is 32.1. The van der Waals surface area contributed by atoms with Crippen molar-refractivity contribution in [3.63, 3.8) is 0 Å². The smallest absolute Gasteiger partial charge is 0.0809 e. The van der Waals surface area contributed by atoms with Crippen LogP contribution >= 0.6 is 11.3 Å². The maximum atomic E-state index is 5.67. The molecule has 0 saturated heterocycles. The zero-order valence-electron chi connectivity index (χ0n) is 10.6. The van der Waals surface area contributed by atoms with Crippen LogP contribution < -0.4 is 5.32 Å². The van der Waals surface area contributed by atoms with E-state index in [4.69, 9.17) is 4.74 Å². The molecule has 0 aliphatic rings. The minimum absolute atomic E-state index is 0.696. The van der Waals surface area contributed by atoms with E-state index in [0.29, 0.717) is 6.61 Å². The molecule has 0 aliphatic carbocycles. The van der Waals surface area contributed by atoms with Crippen LogP contribution in [0.15, 0.2) is 36.5 Å². The summed E-state index contributed by atoms with van der Waals surface area (Å²) in [6.07, 6.45) is 2.69. The number of pyridine rings is 1. The molecule has 0 atom stereocenters. The van der Waals surface area contributed by atoms with Gasteiger partial charge in [-0.25, -0.2) is 0 Å². The molecule has 2 aromatic rings. The van der Waals surface area contributed by atoms with E-state index < -0.39 is 0 Å². The van der Waals surface area contributed by atoms with Crippen LogP contribution in [-0.4, -0.2) is 18.6 Å². The van der Waals surface area contributed by atoms with Crippen LogP contribution in [0.4, 0.5) is 0 Å². The summed E-state index contributed by atoms with van der Waals surface area (Å²) in [5.74, 6) is 0. The molecule has 4 heteroatoms. The molecule has 18 heavy (non-hydrogen) atoms. The third-order valence-corrected chi connectivity index (χ3v) is 3.60. The lowest BCUT2D eigenvalue weighted by Gasteiger charge is -2.02. The van der Waals surface area contributed by atoms with Gasteiger partial charge in [-0.2, -0.15) is 0 Å². The van der Waals surface area contributed by atoms with E-state index in [-0.39, 0.29) is 0 Å². The van der Waals surface area contributed by atoms with Crippen LogP contribution in [0.3, 0.4) is 0 Å². The van der Waals surface area contributed by atoms with Crippen LogP contribution in [-0.2, 0) is 24.3 Å². The summed E-state index contributed by atoms with van der Waals surface area (Å²) in [6, 6.07) is 10.3. The molecule has 3 nitrogen and oxygen atoms in total. The SMILES string of the molecule is CNCc1ccc(COCCc2ccccn2)s1. The van der Waals surface area contributed by atoms with Crippen molar-refractivity contribution in [3.8, 4) is 0 Å². The van der Waals surface area contributed by atoms with E-state index >= 15 is 0 Å². The Kier molecular flexibility index (Phi) is 5.33. The highest BCUT2D eigenvalue weighted by Gasteiger charge is 2.00. The summed E-state index contributed by atoms with van der Waals surface area (Å²) >= 11 is 1.80. The minimum Gasteiger partial charge on any atom is -0.376 e. The number of ether oxygens (including phenoxy) is 1. The highest BCUT2D eigenvalue weighted by molar-refractivity contribution is 7.11. The van der Waals surface area contributed by atoms with E-state index in [1.807, 2.05) is 31.4 Å². The van der Waals surface area contributed by atoms with Gasteiger partial charge in [0.2, 0.25) is 0 Å². The molecule has 2 aromatic heterocycles. The fourth-order valence-electron chi connectivity index (χ4n) is 1.66. The maximum Gasteiger partial charge on any atom is 0.0809 e. The quantitative estimate of drug-likeness (QED) is 0.779. The normalized spacial score (nSPS) is 10.7.